The Hall–Kier alpha value is -2.09. The van der Waals surface area contributed by atoms with Gasteiger partial charge in [0.25, 0.3) is 0 Å². The fourth-order valence-electron chi connectivity index (χ4n) is 3.11. The van der Waals surface area contributed by atoms with Crippen LogP contribution in [0, 0.1) is 5.41 Å². The molecule has 0 spiro atoms. The Kier molecular flexibility index (Phi) is 6.28. The first-order valence-corrected chi connectivity index (χ1v) is 8.45. The summed E-state index contributed by atoms with van der Waals surface area (Å²) >= 11 is 0. The van der Waals surface area contributed by atoms with Gasteiger partial charge in [0, 0.05) is 19.8 Å². The lowest BCUT2D eigenvalue weighted by Gasteiger charge is -2.33. The third kappa shape index (κ3) is 4.55. The highest BCUT2D eigenvalue weighted by Crippen LogP contribution is 2.33. The van der Waals surface area contributed by atoms with E-state index in [1.807, 2.05) is 0 Å². The van der Waals surface area contributed by atoms with E-state index >= 15 is 0 Å². The Morgan fingerprint density at radius 1 is 1.31 bits per heavy atom. The maximum absolute atomic E-state index is 12.9. The summed E-state index contributed by atoms with van der Waals surface area (Å²) in [4.78, 5) is 24.1. The molecule has 1 aromatic carbocycles. The number of carbonyl (C=O) groups excluding carboxylic acids is 1. The van der Waals surface area contributed by atoms with Gasteiger partial charge in [0.2, 0.25) is 5.91 Å². The fraction of sp³-hybridized carbons (Fsp3) is 0.556. The van der Waals surface area contributed by atoms with Gasteiger partial charge < -0.3 is 15.2 Å². The second-order valence-corrected chi connectivity index (χ2v) is 6.50. The van der Waals surface area contributed by atoms with Gasteiger partial charge in [0.1, 0.15) is 0 Å². The highest BCUT2D eigenvalue weighted by Gasteiger charge is 2.41. The lowest BCUT2D eigenvalue weighted by atomic mass is 9.80. The van der Waals surface area contributed by atoms with Crippen LogP contribution in [0.25, 0.3) is 0 Å². The number of amides is 1. The van der Waals surface area contributed by atoms with Gasteiger partial charge in [-0.2, -0.15) is 13.2 Å². The number of nitrogens with one attached hydrogen (secondary N) is 1. The average Bonchev–Trinajstić information content (AvgIpc) is 2.61. The van der Waals surface area contributed by atoms with Crippen LogP contribution in [0.4, 0.5) is 13.2 Å². The molecule has 8 heteroatoms. The molecule has 26 heavy (non-hydrogen) atoms. The van der Waals surface area contributed by atoms with Crippen LogP contribution in [0.1, 0.15) is 43.2 Å². The Morgan fingerprint density at radius 2 is 1.96 bits per heavy atom. The van der Waals surface area contributed by atoms with Gasteiger partial charge >= 0.3 is 12.1 Å². The lowest BCUT2D eigenvalue weighted by molar-refractivity contribution is -0.154. The highest BCUT2D eigenvalue weighted by atomic mass is 19.4. The summed E-state index contributed by atoms with van der Waals surface area (Å²) in [6.07, 6.45) is -3.62. The zero-order chi connectivity index (χ0) is 19.4. The van der Waals surface area contributed by atoms with Gasteiger partial charge in [-0.3, -0.25) is 9.59 Å². The minimum Gasteiger partial charge on any atom is -0.481 e. The van der Waals surface area contributed by atoms with Crippen molar-refractivity contribution in [2.75, 3.05) is 19.8 Å². The first kappa shape index (κ1) is 20.2. The number of ether oxygens (including phenoxy) is 1. The molecule has 0 bridgehead atoms. The van der Waals surface area contributed by atoms with E-state index in [0.717, 1.165) is 12.1 Å². The van der Waals surface area contributed by atoms with Crippen LogP contribution < -0.4 is 5.32 Å². The third-order valence-electron chi connectivity index (χ3n) is 4.85. The zero-order valence-electron chi connectivity index (χ0n) is 14.4. The molecule has 144 valence electrons. The van der Waals surface area contributed by atoms with Gasteiger partial charge in [-0.1, -0.05) is 25.1 Å². The molecule has 1 amide bonds. The van der Waals surface area contributed by atoms with Crippen molar-refractivity contribution in [2.45, 2.75) is 38.3 Å². The molecule has 0 aromatic heterocycles. The number of benzene rings is 1. The van der Waals surface area contributed by atoms with Crippen LogP contribution in [0.2, 0.25) is 0 Å². The maximum Gasteiger partial charge on any atom is 0.416 e. The number of carbonyl (C=O) groups is 2. The molecule has 5 nitrogen and oxygen atoms in total. The van der Waals surface area contributed by atoms with E-state index in [1.165, 1.54) is 12.1 Å². The molecule has 2 N–H and O–H groups in total. The van der Waals surface area contributed by atoms with Gasteiger partial charge in [-0.25, -0.2) is 0 Å². The molecular formula is C18H22F3NO4. The minimum absolute atomic E-state index is 0.0695. The van der Waals surface area contributed by atoms with Crippen LogP contribution in [-0.2, 0) is 20.5 Å². The molecule has 1 heterocycles. The predicted octanol–water partition coefficient (Wildman–Crippen LogP) is 3.20. The molecule has 1 aromatic rings. The molecule has 1 aliphatic rings. The van der Waals surface area contributed by atoms with Gasteiger partial charge in [-0.05, 0) is 30.9 Å². The van der Waals surface area contributed by atoms with Crippen LogP contribution in [-0.4, -0.2) is 36.7 Å². The van der Waals surface area contributed by atoms with E-state index in [9.17, 15) is 27.9 Å². The summed E-state index contributed by atoms with van der Waals surface area (Å²) in [6.45, 7) is 2.23. The summed E-state index contributed by atoms with van der Waals surface area (Å²) in [5.74, 6) is -2.25. The largest absolute Gasteiger partial charge is 0.481 e. The smallest absolute Gasteiger partial charge is 0.416 e. The van der Waals surface area contributed by atoms with E-state index in [-0.39, 0.29) is 24.9 Å². The molecule has 1 aliphatic heterocycles. The first-order chi connectivity index (χ1) is 12.2. The van der Waals surface area contributed by atoms with E-state index < -0.39 is 34.9 Å². The van der Waals surface area contributed by atoms with Crippen molar-refractivity contribution in [1.29, 1.82) is 0 Å². The van der Waals surface area contributed by atoms with Crippen molar-refractivity contribution in [3.63, 3.8) is 0 Å². The van der Waals surface area contributed by atoms with E-state index in [4.69, 9.17) is 4.74 Å². The number of halogens is 3. The quantitative estimate of drug-likeness (QED) is 0.803. The number of aliphatic carboxylic acids is 1. The first-order valence-electron chi connectivity index (χ1n) is 8.45. The summed E-state index contributed by atoms with van der Waals surface area (Å²) in [6, 6.07) is 4.67. The number of hydrogen-bond donors (Lipinski definition) is 2. The second kappa shape index (κ2) is 8.07. The number of alkyl halides is 3. The molecule has 1 unspecified atom stereocenters. The Bertz CT molecular complexity index is 654. The molecular weight excluding hydrogens is 351 g/mol. The summed E-state index contributed by atoms with van der Waals surface area (Å²) < 4.78 is 43.8. The molecule has 0 saturated carbocycles. The molecule has 0 radical (unpaired) electrons. The summed E-state index contributed by atoms with van der Waals surface area (Å²) in [5, 5.41) is 12.1. The van der Waals surface area contributed by atoms with Crippen LogP contribution in [0.5, 0.6) is 0 Å². The number of carboxylic acids is 1. The van der Waals surface area contributed by atoms with Gasteiger partial charge in [-0.15, -0.1) is 0 Å². The molecule has 0 aliphatic carbocycles. The second-order valence-electron chi connectivity index (χ2n) is 6.50. The van der Waals surface area contributed by atoms with Crippen LogP contribution in [0.15, 0.2) is 24.3 Å². The standard InChI is InChI=1S/C18H22F3NO4/c1-2-14(12-4-3-5-13(10-12)18(19,20)21)15(23)22-11-17(16(24)25)6-8-26-9-7-17/h3-5,10,14H,2,6-9,11H2,1H3,(H,22,23)(H,24,25). The fourth-order valence-corrected chi connectivity index (χ4v) is 3.11. The van der Waals surface area contributed by atoms with Crippen molar-refractivity contribution in [1.82, 2.24) is 5.32 Å². The normalized spacial score (nSPS) is 18.2. The summed E-state index contributed by atoms with van der Waals surface area (Å²) in [7, 11) is 0. The van der Waals surface area contributed by atoms with Crippen LogP contribution in [0.3, 0.4) is 0 Å². The van der Waals surface area contributed by atoms with E-state index in [2.05, 4.69) is 5.32 Å². The van der Waals surface area contributed by atoms with Crippen molar-refractivity contribution >= 4 is 11.9 Å². The van der Waals surface area contributed by atoms with Gasteiger partial charge in [0.15, 0.2) is 0 Å². The molecule has 1 saturated heterocycles. The van der Waals surface area contributed by atoms with Crippen LogP contribution >= 0.6 is 0 Å². The maximum atomic E-state index is 12.9. The molecule has 2 rings (SSSR count). The Labute approximate surface area is 149 Å². The Morgan fingerprint density at radius 3 is 2.50 bits per heavy atom. The third-order valence-corrected chi connectivity index (χ3v) is 4.85. The van der Waals surface area contributed by atoms with E-state index in [1.54, 1.807) is 6.92 Å². The topological polar surface area (TPSA) is 75.6 Å². The number of hydrogen-bond acceptors (Lipinski definition) is 3. The number of rotatable bonds is 6. The van der Waals surface area contributed by atoms with E-state index in [0.29, 0.717) is 19.6 Å². The minimum atomic E-state index is -4.49. The Balaban J connectivity index is 2.12. The SMILES string of the molecule is CCC(C(=O)NCC1(C(=O)O)CCOCC1)c1cccc(C(F)(F)F)c1. The van der Waals surface area contributed by atoms with Gasteiger partial charge in [0.05, 0.1) is 16.9 Å². The predicted molar refractivity (Wildman–Crippen MR) is 87.6 cm³/mol. The monoisotopic (exact) mass is 373 g/mol. The average molecular weight is 373 g/mol. The molecule has 1 fully saturated rings. The summed E-state index contributed by atoms with van der Waals surface area (Å²) in [5.41, 5.74) is -1.65. The number of carboxylic acid groups (broad SMARTS) is 1. The van der Waals surface area contributed by atoms with Crippen molar-refractivity contribution in [2.24, 2.45) is 5.41 Å². The lowest BCUT2D eigenvalue weighted by Crippen LogP contribution is -2.47. The highest BCUT2D eigenvalue weighted by molar-refractivity contribution is 5.84. The van der Waals surface area contributed by atoms with Crippen molar-refractivity contribution < 1.29 is 32.6 Å². The van der Waals surface area contributed by atoms with Crippen molar-refractivity contribution in [3.8, 4) is 0 Å². The van der Waals surface area contributed by atoms with Crippen molar-refractivity contribution in [3.05, 3.63) is 35.4 Å². The molecule has 1 atom stereocenters. The zero-order valence-corrected chi connectivity index (χ0v) is 14.4.